The van der Waals surface area contributed by atoms with E-state index in [1.807, 2.05) is 66.7 Å². The minimum absolute atomic E-state index is 0.372. The summed E-state index contributed by atoms with van der Waals surface area (Å²) in [5, 5.41) is 13.3. The minimum atomic E-state index is -0.596. The van der Waals surface area contributed by atoms with Gasteiger partial charge in [0.25, 0.3) is 0 Å². The minimum Gasteiger partial charge on any atom is -0.493 e. The molecule has 1 N–H and O–H groups in total. The fourth-order valence-electron chi connectivity index (χ4n) is 4.14. The van der Waals surface area contributed by atoms with Gasteiger partial charge in [0.05, 0.1) is 12.1 Å². The molecule has 196 valence electrons. The van der Waals surface area contributed by atoms with Gasteiger partial charge >= 0.3 is 0 Å². The Kier molecular flexibility index (Phi) is 8.51. The van der Waals surface area contributed by atoms with Crippen molar-refractivity contribution in [1.82, 2.24) is 15.2 Å². The zero-order chi connectivity index (χ0) is 26.3. The molecule has 0 spiro atoms. The number of thioether (sulfide) groups is 1. The van der Waals surface area contributed by atoms with Crippen molar-refractivity contribution in [2.45, 2.75) is 44.2 Å². The van der Waals surface area contributed by atoms with Crippen LogP contribution in [0.1, 0.15) is 43.5 Å². The third kappa shape index (κ3) is 5.97. The van der Waals surface area contributed by atoms with E-state index in [0.29, 0.717) is 39.9 Å². The molecule has 2 heterocycles. The van der Waals surface area contributed by atoms with Crippen LogP contribution in [0.5, 0.6) is 17.4 Å². The van der Waals surface area contributed by atoms with Crippen LogP contribution in [-0.4, -0.2) is 28.0 Å². The predicted octanol–water partition coefficient (Wildman–Crippen LogP) is 7.57. The predicted molar refractivity (Wildman–Crippen MR) is 151 cm³/mol. The Morgan fingerprint density at radius 2 is 1.84 bits per heavy atom. The first-order valence-corrected chi connectivity index (χ1v) is 14.0. The number of methoxy groups -OCH3 is 1. The highest BCUT2D eigenvalue weighted by Gasteiger charge is 2.27. The van der Waals surface area contributed by atoms with Crippen molar-refractivity contribution in [3.63, 3.8) is 0 Å². The monoisotopic (exact) mass is 548 g/mol. The lowest BCUT2D eigenvalue weighted by atomic mass is 10.1. The molecule has 1 aromatic heterocycles. The van der Waals surface area contributed by atoms with Gasteiger partial charge in [-0.3, -0.25) is 0 Å². The highest BCUT2D eigenvalue weighted by Crippen LogP contribution is 2.43. The Bertz CT molecular complexity index is 1390. The summed E-state index contributed by atoms with van der Waals surface area (Å²) >= 11 is 8.31. The molecule has 0 unspecified atom stereocenters. The van der Waals surface area contributed by atoms with E-state index in [1.54, 1.807) is 18.9 Å². The van der Waals surface area contributed by atoms with E-state index in [0.717, 1.165) is 34.6 Å². The molecule has 0 bridgehead atoms. The lowest BCUT2D eigenvalue weighted by molar-refractivity contribution is 0.224. The summed E-state index contributed by atoms with van der Waals surface area (Å²) in [4.78, 5) is 4.73. The van der Waals surface area contributed by atoms with Gasteiger partial charge in [-0.1, -0.05) is 91.7 Å². The molecule has 38 heavy (non-hydrogen) atoms. The van der Waals surface area contributed by atoms with Gasteiger partial charge in [-0.05, 0) is 30.2 Å². The van der Waals surface area contributed by atoms with Crippen molar-refractivity contribution in [2.75, 3.05) is 18.2 Å². The summed E-state index contributed by atoms with van der Waals surface area (Å²) < 4.78 is 18.1. The Morgan fingerprint density at radius 3 is 2.66 bits per heavy atom. The van der Waals surface area contributed by atoms with Crippen molar-refractivity contribution in [1.29, 1.82) is 0 Å². The third-order valence-corrected chi connectivity index (χ3v) is 7.30. The summed E-state index contributed by atoms with van der Waals surface area (Å²) in [6.07, 6.45) is 2.85. The second-order valence-electron chi connectivity index (χ2n) is 8.80. The normalized spacial score (nSPS) is 13.9. The molecule has 0 radical (unpaired) electrons. The van der Waals surface area contributed by atoms with Gasteiger partial charge in [-0.25, -0.2) is 0 Å². The van der Waals surface area contributed by atoms with E-state index in [1.165, 1.54) is 12.8 Å². The topological polar surface area (TPSA) is 78.4 Å². The number of para-hydroxylation sites is 1. The number of nitrogens with one attached hydrogen (secondary N) is 1. The van der Waals surface area contributed by atoms with Crippen molar-refractivity contribution in [2.24, 2.45) is 0 Å². The second kappa shape index (κ2) is 12.4. The van der Waals surface area contributed by atoms with Crippen LogP contribution in [0.4, 0.5) is 5.69 Å². The summed E-state index contributed by atoms with van der Waals surface area (Å²) in [5.74, 6) is 2.34. The highest BCUT2D eigenvalue weighted by atomic mass is 35.5. The number of fused-ring (bicyclic) bond motifs is 3. The van der Waals surface area contributed by atoms with Crippen molar-refractivity contribution >= 4 is 29.1 Å². The van der Waals surface area contributed by atoms with Crippen molar-refractivity contribution < 1.29 is 14.2 Å². The fraction of sp³-hybridized carbons (Fsp3) is 0.276. The first kappa shape index (κ1) is 26.1. The van der Waals surface area contributed by atoms with Gasteiger partial charge in [0.15, 0.2) is 23.4 Å². The van der Waals surface area contributed by atoms with Crippen molar-refractivity contribution in [3.8, 4) is 28.6 Å². The molecular weight excluding hydrogens is 520 g/mol. The van der Waals surface area contributed by atoms with Crippen LogP contribution in [0, 0.1) is 0 Å². The lowest BCUT2D eigenvalue weighted by Gasteiger charge is -2.21. The Labute approximate surface area is 231 Å². The summed E-state index contributed by atoms with van der Waals surface area (Å²) in [5.41, 5.74) is 4.11. The summed E-state index contributed by atoms with van der Waals surface area (Å²) in [6, 6.07) is 21.5. The van der Waals surface area contributed by atoms with Gasteiger partial charge in [0, 0.05) is 22.6 Å². The Balaban J connectivity index is 1.45. The first-order chi connectivity index (χ1) is 18.7. The van der Waals surface area contributed by atoms with Crippen molar-refractivity contribution in [3.05, 3.63) is 82.9 Å². The molecule has 0 amide bonds. The summed E-state index contributed by atoms with van der Waals surface area (Å²) in [7, 11) is 1.59. The standard InChI is InChI=1S/C29H29ClN4O3S/c1-3-4-10-15-38-29-32-28-25(33-34-29)21-13-8-9-14-23(21)31-27(37-28)20-16-22(30)26(24(17-20)35-2)36-18-19-11-6-5-7-12-19/h5-9,11-14,16-17,27,31H,3-4,10,15,18H2,1-2H3/t27-/m1/s1. The van der Waals surface area contributed by atoms with Crippen LogP contribution in [0.3, 0.4) is 0 Å². The number of hydrogen-bond donors (Lipinski definition) is 1. The third-order valence-electron chi connectivity index (χ3n) is 6.09. The molecule has 0 saturated heterocycles. The largest absolute Gasteiger partial charge is 0.493 e. The van der Waals surface area contributed by atoms with Gasteiger partial charge in [-0.15, -0.1) is 10.2 Å². The number of anilines is 1. The van der Waals surface area contributed by atoms with Gasteiger partial charge in [-0.2, -0.15) is 4.98 Å². The van der Waals surface area contributed by atoms with E-state index in [9.17, 15) is 0 Å². The molecule has 0 saturated carbocycles. The zero-order valence-electron chi connectivity index (χ0n) is 21.3. The Hall–Kier alpha value is -3.49. The number of unbranched alkanes of at least 4 members (excludes halogenated alkanes) is 2. The fourth-order valence-corrected chi connectivity index (χ4v) is 5.19. The molecular formula is C29H29ClN4O3S. The highest BCUT2D eigenvalue weighted by molar-refractivity contribution is 7.99. The van der Waals surface area contributed by atoms with Crippen LogP contribution >= 0.6 is 23.4 Å². The van der Waals surface area contributed by atoms with Gasteiger partial charge in [0.1, 0.15) is 6.61 Å². The van der Waals surface area contributed by atoms with Crippen LogP contribution in [-0.2, 0) is 6.61 Å². The maximum atomic E-state index is 6.72. The van der Waals surface area contributed by atoms with E-state index >= 15 is 0 Å². The molecule has 0 aliphatic carbocycles. The average molecular weight is 549 g/mol. The van der Waals surface area contributed by atoms with E-state index in [2.05, 4.69) is 22.4 Å². The van der Waals surface area contributed by atoms with Gasteiger partial charge < -0.3 is 19.5 Å². The number of halogens is 1. The lowest BCUT2D eigenvalue weighted by Crippen LogP contribution is -2.17. The number of ether oxygens (including phenoxy) is 3. The van der Waals surface area contributed by atoms with E-state index in [-0.39, 0.29) is 0 Å². The second-order valence-corrected chi connectivity index (χ2v) is 10.3. The van der Waals surface area contributed by atoms with Crippen LogP contribution in [0.25, 0.3) is 11.3 Å². The maximum Gasteiger partial charge on any atom is 0.247 e. The molecule has 9 heteroatoms. The average Bonchev–Trinajstić information content (AvgIpc) is 3.11. The molecule has 7 nitrogen and oxygen atoms in total. The molecule has 4 aromatic rings. The van der Waals surface area contributed by atoms with Crippen LogP contribution < -0.4 is 19.5 Å². The molecule has 3 aromatic carbocycles. The first-order valence-electron chi connectivity index (χ1n) is 12.6. The number of hydrogen-bond acceptors (Lipinski definition) is 8. The number of benzene rings is 3. The zero-order valence-corrected chi connectivity index (χ0v) is 22.9. The Morgan fingerprint density at radius 1 is 1.03 bits per heavy atom. The number of rotatable bonds is 10. The smallest absolute Gasteiger partial charge is 0.247 e. The van der Waals surface area contributed by atoms with E-state index < -0.39 is 6.23 Å². The SMILES string of the molecule is CCCCCSc1nnc2c(n1)O[C@H](c1cc(Cl)c(OCc3ccccc3)c(OC)c1)Nc1ccccc1-2. The molecule has 5 rings (SSSR count). The van der Waals surface area contributed by atoms with E-state index in [4.69, 9.17) is 30.8 Å². The molecule has 1 aliphatic heterocycles. The van der Waals surface area contributed by atoms with Crippen LogP contribution in [0.2, 0.25) is 5.02 Å². The maximum absolute atomic E-state index is 6.72. The number of nitrogens with zero attached hydrogens (tertiary/aromatic N) is 3. The van der Waals surface area contributed by atoms with Gasteiger partial charge in [0.2, 0.25) is 11.0 Å². The molecule has 1 aliphatic rings. The molecule has 0 fully saturated rings. The van der Waals surface area contributed by atoms with Crippen LogP contribution in [0.15, 0.2) is 71.9 Å². The molecule has 1 atom stereocenters. The summed E-state index contributed by atoms with van der Waals surface area (Å²) in [6.45, 7) is 2.56. The quantitative estimate of drug-likeness (QED) is 0.161. The number of aromatic nitrogens is 3.